The molecule has 9 heteroatoms. The summed E-state index contributed by atoms with van der Waals surface area (Å²) in [5, 5.41) is 0.966. The van der Waals surface area contributed by atoms with Gasteiger partial charge in [0.2, 0.25) is 0 Å². The van der Waals surface area contributed by atoms with Crippen molar-refractivity contribution in [1.29, 1.82) is 0 Å². The first kappa shape index (κ1) is 19.8. The van der Waals surface area contributed by atoms with Gasteiger partial charge in [0.1, 0.15) is 5.75 Å². The van der Waals surface area contributed by atoms with Gasteiger partial charge in [-0.05, 0) is 38.5 Å². The molecular weight excluding hydrogens is 375 g/mol. The fourth-order valence-corrected chi connectivity index (χ4v) is 4.33. The lowest BCUT2D eigenvalue weighted by atomic mass is 10.3. The van der Waals surface area contributed by atoms with Crippen molar-refractivity contribution in [1.82, 2.24) is 9.03 Å². The molecule has 0 amide bonds. The van der Waals surface area contributed by atoms with Gasteiger partial charge in [-0.25, -0.2) is 4.72 Å². The van der Waals surface area contributed by atoms with Gasteiger partial charge >= 0.3 is 0 Å². The topological polar surface area (TPSA) is 67.9 Å². The first-order chi connectivity index (χ1) is 11.3. The molecule has 1 aromatic carbocycles. The van der Waals surface area contributed by atoms with E-state index in [1.165, 1.54) is 4.31 Å². The minimum Gasteiger partial charge on any atom is -0.492 e. The highest BCUT2D eigenvalue weighted by molar-refractivity contribution is 7.87. The summed E-state index contributed by atoms with van der Waals surface area (Å²) in [6.45, 7) is 5.07. The second-order valence-electron chi connectivity index (χ2n) is 5.75. The molecule has 2 rings (SSSR count). The molecule has 0 unspecified atom stereocenters. The van der Waals surface area contributed by atoms with Gasteiger partial charge in [0.15, 0.2) is 0 Å². The fraction of sp³-hybridized carbons (Fsp3) is 0.600. The first-order valence-corrected chi connectivity index (χ1v) is 9.95. The summed E-state index contributed by atoms with van der Waals surface area (Å²) in [4.78, 5) is 0. The Morgan fingerprint density at radius 3 is 2.58 bits per heavy atom. The van der Waals surface area contributed by atoms with Crippen LogP contribution in [0.1, 0.15) is 20.3 Å². The zero-order valence-electron chi connectivity index (χ0n) is 13.7. The lowest BCUT2D eigenvalue weighted by molar-refractivity contribution is -0.0443. The Hall–Kier alpha value is -0.570. The Labute approximate surface area is 153 Å². The maximum Gasteiger partial charge on any atom is 0.279 e. The molecule has 1 heterocycles. The van der Waals surface area contributed by atoms with Gasteiger partial charge in [0, 0.05) is 24.7 Å². The van der Waals surface area contributed by atoms with Gasteiger partial charge in [-0.2, -0.15) is 12.7 Å². The summed E-state index contributed by atoms with van der Waals surface area (Å²) in [5.74, 6) is 0.528. The highest BCUT2D eigenvalue weighted by atomic mass is 35.5. The standard InChI is InChI=1S/C15H22Cl2N2O4S/c1-11-9-19(10-12(2)23-11)24(20,21)18-6-3-7-22-15-5-4-13(16)8-14(15)17/h4-5,8,11-12,18H,3,6-7,9-10H2,1-2H3/t11-,12-/m0/s1. The van der Waals surface area contributed by atoms with E-state index >= 15 is 0 Å². The average molecular weight is 397 g/mol. The minimum absolute atomic E-state index is 0.110. The molecule has 136 valence electrons. The predicted octanol–water partition coefficient (Wildman–Crippen LogP) is 2.71. The smallest absolute Gasteiger partial charge is 0.279 e. The summed E-state index contributed by atoms with van der Waals surface area (Å²) in [5.41, 5.74) is 0. The zero-order valence-corrected chi connectivity index (χ0v) is 16.0. The Balaban J connectivity index is 1.75. The van der Waals surface area contributed by atoms with Crippen molar-refractivity contribution >= 4 is 33.4 Å². The number of halogens is 2. The third-order valence-corrected chi connectivity index (χ3v) is 5.56. The maximum atomic E-state index is 12.3. The fourth-order valence-electron chi connectivity index (χ4n) is 2.47. The molecule has 1 fully saturated rings. The second kappa shape index (κ2) is 8.69. The number of benzene rings is 1. The molecule has 1 aliphatic heterocycles. The van der Waals surface area contributed by atoms with Crippen LogP contribution in [-0.2, 0) is 14.9 Å². The molecule has 1 aromatic rings. The lowest BCUT2D eigenvalue weighted by Gasteiger charge is -2.34. The van der Waals surface area contributed by atoms with Crippen LogP contribution in [0, 0.1) is 0 Å². The summed E-state index contributed by atoms with van der Waals surface area (Å²) < 4.78 is 39.7. The quantitative estimate of drug-likeness (QED) is 0.719. The molecule has 0 radical (unpaired) electrons. The van der Waals surface area contributed by atoms with Gasteiger partial charge in [-0.1, -0.05) is 23.2 Å². The van der Waals surface area contributed by atoms with Crippen LogP contribution in [-0.4, -0.2) is 51.2 Å². The van der Waals surface area contributed by atoms with Gasteiger partial charge in [0.05, 0.1) is 23.8 Å². The van der Waals surface area contributed by atoms with Gasteiger partial charge < -0.3 is 9.47 Å². The average Bonchev–Trinajstić information content (AvgIpc) is 2.48. The van der Waals surface area contributed by atoms with Crippen LogP contribution in [0.25, 0.3) is 0 Å². The van der Waals surface area contributed by atoms with E-state index in [1.54, 1.807) is 18.2 Å². The van der Waals surface area contributed by atoms with Crippen molar-refractivity contribution in [2.45, 2.75) is 32.5 Å². The molecule has 0 spiro atoms. The summed E-state index contributed by atoms with van der Waals surface area (Å²) in [6, 6.07) is 4.97. The third kappa shape index (κ3) is 5.75. The van der Waals surface area contributed by atoms with E-state index in [0.717, 1.165) is 0 Å². The highest BCUT2D eigenvalue weighted by Gasteiger charge is 2.30. The molecular formula is C15H22Cl2N2O4S. The SMILES string of the molecule is C[C@H]1CN(S(=O)(=O)NCCCOc2ccc(Cl)cc2Cl)C[C@H](C)O1. The largest absolute Gasteiger partial charge is 0.492 e. The van der Waals surface area contributed by atoms with Crippen LogP contribution in [0.5, 0.6) is 5.75 Å². The number of ether oxygens (including phenoxy) is 2. The normalized spacial score (nSPS) is 22.5. The van der Waals surface area contributed by atoms with E-state index < -0.39 is 10.2 Å². The van der Waals surface area contributed by atoms with E-state index in [2.05, 4.69) is 4.72 Å². The maximum absolute atomic E-state index is 12.3. The van der Waals surface area contributed by atoms with Gasteiger partial charge in [-0.15, -0.1) is 0 Å². The second-order valence-corrected chi connectivity index (χ2v) is 8.35. The van der Waals surface area contributed by atoms with Crippen LogP contribution < -0.4 is 9.46 Å². The summed E-state index contributed by atoms with van der Waals surface area (Å²) in [6.07, 6.45) is 0.301. The minimum atomic E-state index is -3.50. The molecule has 24 heavy (non-hydrogen) atoms. The van der Waals surface area contributed by atoms with Crippen molar-refractivity contribution in [2.24, 2.45) is 0 Å². The number of nitrogens with one attached hydrogen (secondary N) is 1. The third-order valence-electron chi connectivity index (χ3n) is 3.48. The van der Waals surface area contributed by atoms with Crippen molar-refractivity contribution in [3.8, 4) is 5.75 Å². The van der Waals surface area contributed by atoms with E-state index in [9.17, 15) is 8.42 Å². The Bertz CT molecular complexity index is 647. The molecule has 2 atom stereocenters. The zero-order chi connectivity index (χ0) is 17.7. The molecule has 1 saturated heterocycles. The van der Waals surface area contributed by atoms with E-state index in [1.807, 2.05) is 13.8 Å². The number of hydrogen-bond donors (Lipinski definition) is 1. The van der Waals surface area contributed by atoms with E-state index in [-0.39, 0.29) is 18.8 Å². The molecule has 0 bridgehead atoms. The van der Waals surface area contributed by atoms with Gasteiger partial charge in [0.25, 0.3) is 10.2 Å². The van der Waals surface area contributed by atoms with Crippen LogP contribution in [0.4, 0.5) is 0 Å². The lowest BCUT2D eigenvalue weighted by Crippen LogP contribution is -2.52. The van der Waals surface area contributed by atoms with Crippen LogP contribution >= 0.6 is 23.2 Å². The first-order valence-electron chi connectivity index (χ1n) is 7.76. The molecule has 0 aliphatic carbocycles. The number of morpholine rings is 1. The monoisotopic (exact) mass is 396 g/mol. The Morgan fingerprint density at radius 1 is 1.29 bits per heavy atom. The summed E-state index contributed by atoms with van der Waals surface area (Å²) in [7, 11) is -3.50. The van der Waals surface area contributed by atoms with Crippen molar-refractivity contribution < 1.29 is 17.9 Å². The van der Waals surface area contributed by atoms with E-state index in [0.29, 0.717) is 41.9 Å². The van der Waals surface area contributed by atoms with Crippen molar-refractivity contribution in [3.05, 3.63) is 28.2 Å². The highest BCUT2D eigenvalue weighted by Crippen LogP contribution is 2.27. The molecule has 0 aromatic heterocycles. The number of nitrogens with zero attached hydrogens (tertiary/aromatic N) is 1. The number of hydrogen-bond acceptors (Lipinski definition) is 4. The molecule has 1 N–H and O–H groups in total. The van der Waals surface area contributed by atoms with Crippen molar-refractivity contribution in [2.75, 3.05) is 26.2 Å². The van der Waals surface area contributed by atoms with Crippen LogP contribution in [0.2, 0.25) is 10.0 Å². The predicted molar refractivity (Wildman–Crippen MR) is 95.1 cm³/mol. The molecule has 1 aliphatic rings. The number of rotatable bonds is 7. The van der Waals surface area contributed by atoms with Crippen LogP contribution in [0.15, 0.2) is 18.2 Å². The Kier molecular flexibility index (Phi) is 7.15. The Morgan fingerprint density at radius 2 is 1.96 bits per heavy atom. The molecule has 0 saturated carbocycles. The molecule has 6 nitrogen and oxygen atoms in total. The summed E-state index contributed by atoms with van der Waals surface area (Å²) >= 11 is 11.8. The van der Waals surface area contributed by atoms with Crippen LogP contribution in [0.3, 0.4) is 0 Å². The van der Waals surface area contributed by atoms with E-state index in [4.69, 9.17) is 32.7 Å². The van der Waals surface area contributed by atoms with Gasteiger partial charge in [-0.3, -0.25) is 0 Å². The van der Waals surface area contributed by atoms with Crippen molar-refractivity contribution in [3.63, 3.8) is 0 Å².